The maximum absolute atomic E-state index is 11.9. The fourth-order valence-corrected chi connectivity index (χ4v) is 1.99. The minimum Gasteiger partial charge on any atom is -0.303 e. The fourth-order valence-electron chi connectivity index (χ4n) is 1.99. The zero-order chi connectivity index (χ0) is 15.4. The molecule has 1 aromatic carbocycles. The number of benzene rings is 1. The Labute approximate surface area is 121 Å². The van der Waals surface area contributed by atoms with Gasteiger partial charge in [0.25, 0.3) is 5.56 Å². The Morgan fingerprint density at radius 1 is 1.14 bits per heavy atom. The lowest BCUT2D eigenvalue weighted by molar-refractivity contribution is -0.113. The average molecular weight is 284 g/mol. The molecule has 0 amide bonds. The molecule has 0 atom stereocenters. The Bertz CT molecular complexity index is 799. The van der Waals surface area contributed by atoms with Crippen molar-refractivity contribution in [1.29, 1.82) is 0 Å². The van der Waals surface area contributed by atoms with E-state index in [2.05, 4.69) is 0 Å². The van der Waals surface area contributed by atoms with Gasteiger partial charge in [0.15, 0.2) is 5.78 Å². The summed E-state index contributed by atoms with van der Waals surface area (Å²) in [6, 6.07) is 9.37. The van der Waals surface area contributed by atoms with Crippen LogP contribution in [0.3, 0.4) is 0 Å². The topological polar surface area (TPSA) is 61.1 Å². The summed E-state index contributed by atoms with van der Waals surface area (Å²) in [5.41, 5.74) is 0.413. The van der Waals surface area contributed by atoms with Gasteiger partial charge in [-0.05, 0) is 17.7 Å². The first kappa shape index (κ1) is 14.7. The summed E-state index contributed by atoms with van der Waals surface area (Å²) >= 11 is 0. The first-order chi connectivity index (χ1) is 9.99. The van der Waals surface area contributed by atoms with Gasteiger partial charge in [0.1, 0.15) is 0 Å². The van der Waals surface area contributed by atoms with Gasteiger partial charge in [0, 0.05) is 26.7 Å². The summed E-state index contributed by atoms with van der Waals surface area (Å²) in [7, 11) is 2.97. The Balaban J connectivity index is 2.20. The number of hydrogen-bond donors (Lipinski definition) is 0. The van der Waals surface area contributed by atoms with E-state index < -0.39 is 11.2 Å². The maximum Gasteiger partial charge on any atom is 0.330 e. The molecule has 0 N–H and O–H groups in total. The Morgan fingerprint density at radius 3 is 2.48 bits per heavy atom. The highest BCUT2D eigenvalue weighted by atomic mass is 16.2. The van der Waals surface area contributed by atoms with Gasteiger partial charge in [-0.2, -0.15) is 0 Å². The molecule has 0 unspecified atom stereocenters. The highest BCUT2D eigenvalue weighted by Crippen LogP contribution is 2.02. The molecule has 0 spiro atoms. The highest BCUT2D eigenvalue weighted by Gasteiger charge is 2.05. The summed E-state index contributed by atoms with van der Waals surface area (Å²) in [6.45, 7) is 0. The van der Waals surface area contributed by atoms with Crippen LogP contribution in [-0.2, 0) is 25.3 Å². The highest BCUT2D eigenvalue weighted by molar-refractivity contribution is 5.94. The molecule has 2 rings (SSSR count). The van der Waals surface area contributed by atoms with Crippen molar-refractivity contribution >= 4 is 11.9 Å². The van der Waals surface area contributed by atoms with E-state index >= 15 is 0 Å². The number of carbonyl (C=O) groups excluding carboxylic acids is 1. The van der Waals surface area contributed by atoms with E-state index in [9.17, 15) is 14.4 Å². The van der Waals surface area contributed by atoms with Crippen LogP contribution in [0, 0.1) is 0 Å². The number of hydrogen-bond acceptors (Lipinski definition) is 3. The average Bonchev–Trinajstić information content (AvgIpc) is 2.48. The van der Waals surface area contributed by atoms with E-state index in [0.29, 0.717) is 5.56 Å². The lowest BCUT2D eigenvalue weighted by atomic mass is 10.1. The molecule has 0 aliphatic carbocycles. The molecule has 0 saturated carbocycles. The summed E-state index contributed by atoms with van der Waals surface area (Å²) in [4.78, 5) is 35.3. The Morgan fingerprint density at radius 2 is 1.81 bits per heavy atom. The van der Waals surface area contributed by atoms with Crippen molar-refractivity contribution in [3.63, 3.8) is 0 Å². The molecule has 108 valence electrons. The zero-order valence-corrected chi connectivity index (χ0v) is 11.9. The van der Waals surface area contributed by atoms with Crippen LogP contribution in [0.2, 0.25) is 0 Å². The molecule has 5 nitrogen and oxygen atoms in total. The van der Waals surface area contributed by atoms with Gasteiger partial charge in [0.05, 0.1) is 5.56 Å². The van der Waals surface area contributed by atoms with E-state index in [-0.39, 0.29) is 12.2 Å². The van der Waals surface area contributed by atoms with Crippen molar-refractivity contribution in [3.8, 4) is 0 Å². The van der Waals surface area contributed by atoms with Crippen LogP contribution in [-0.4, -0.2) is 14.9 Å². The lowest BCUT2D eigenvalue weighted by Crippen LogP contribution is -2.37. The number of aryl methyl sites for hydroxylation is 1. The van der Waals surface area contributed by atoms with E-state index in [1.165, 1.54) is 30.0 Å². The van der Waals surface area contributed by atoms with Crippen molar-refractivity contribution in [2.75, 3.05) is 0 Å². The standard InChI is InChI=1S/C16H16N2O3/c1-17-11-13(15(20)18(2)16(17)21)8-9-14(19)10-12-6-4-3-5-7-12/h3-9,11H,10H2,1-2H3/b9-8+. The van der Waals surface area contributed by atoms with Crippen molar-refractivity contribution < 1.29 is 4.79 Å². The molecule has 0 radical (unpaired) electrons. The van der Waals surface area contributed by atoms with Gasteiger partial charge < -0.3 is 4.57 Å². The predicted molar refractivity (Wildman–Crippen MR) is 81.1 cm³/mol. The minimum absolute atomic E-state index is 0.0999. The van der Waals surface area contributed by atoms with Crippen molar-refractivity contribution in [1.82, 2.24) is 9.13 Å². The Hall–Kier alpha value is -2.69. The zero-order valence-electron chi connectivity index (χ0n) is 11.9. The van der Waals surface area contributed by atoms with Crippen LogP contribution in [0.25, 0.3) is 6.08 Å². The SMILES string of the molecule is Cn1cc(/C=C/C(=O)Cc2ccccc2)c(=O)n(C)c1=O. The van der Waals surface area contributed by atoms with Gasteiger partial charge >= 0.3 is 5.69 Å². The molecule has 0 aliphatic rings. The predicted octanol–water partition coefficient (Wildman–Crippen LogP) is 0.909. The molecule has 1 aromatic heterocycles. The van der Waals surface area contributed by atoms with Crippen LogP contribution in [0.4, 0.5) is 0 Å². The van der Waals surface area contributed by atoms with Gasteiger partial charge in [0.2, 0.25) is 0 Å². The second-order valence-corrected chi connectivity index (χ2v) is 4.80. The molecular weight excluding hydrogens is 268 g/mol. The molecule has 1 heterocycles. The first-order valence-corrected chi connectivity index (χ1v) is 6.50. The smallest absolute Gasteiger partial charge is 0.303 e. The third-order valence-electron chi connectivity index (χ3n) is 3.14. The molecule has 2 aromatic rings. The molecule has 21 heavy (non-hydrogen) atoms. The number of allylic oxidation sites excluding steroid dienone is 1. The van der Waals surface area contributed by atoms with Gasteiger partial charge in [-0.25, -0.2) is 4.79 Å². The summed E-state index contributed by atoms with van der Waals surface area (Å²) in [6.07, 6.45) is 4.53. The van der Waals surface area contributed by atoms with E-state index in [1.807, 2.05) is 30.3 Å². The maximum atomic E-state index is 11.9. The second kappa shape index (κ2) is 6.17. The van der Waals surface area contributed by atoms with Gasteiger partial charge in [-0.15, -0.1) is 0 Å². The molecule has 5 heteroatoms. The van der Waals surface area contributed by atoms with Crippen LogP contribution in [0.1, 0.15) is 11.1 Å². The lowest BCUT2D eigenvalue weighted by Gasteiger charge is -2.03. The van der Waals surface area contributed by atoms with E-state index in [1.54, 1.807) is 7.05 Å². The summed E-state index contributed by atoms with van der Waals surface area (Å²) < 4.78 is 2.32. The number of nitrogens with zero attached hydrogens (tertiary/aromatic N) is 2. The third kappa shape index (κ3) is 3.45. The largest absolute Gasteiger partial charge is 0.330 e. The molecule has 0 bridgehead atoms. The van der Waals surface area contributed by atoms with Crippen molar-refractivity contribution in [3.05, 3.63) is 74.6 Å². The summed E-state index contributed by atoms with van der Waals surface area (Å²) in [5, 5.41) is 0. The minimum atomic E-state index is -0.415. The number of ketones is 1. The first-order valence-electron chi connectivity index (χ1n) is 6.50. The van der Waals surface area contributed by atoms with E-state index in [4.69, 9.17) is 0 Å². The van der Waals surface area contributed by atoms with Crippen LogP contribution < -0.4 is 11.2 Å². The van der Waals surface area contributed by atoms with Gasteiger partial charge in [-0.3, -0.25) is 14.2 Å². The normalized spacial score (nSPS) is 11.0. The van der Waals surface area contributed by atoms with Crippen LogP contribution >= 0.6 is 0 Å². The third-order valence-corrected chi connectivity index (χ3v) is 3.14. The Kier molecular flexibility index (Phi) is 4.33. The number of carbonyl (C=O) groups is 1. The molecule has 0 aliphatic heterocycles. The number of aromatic nitrogens is 2. The van der Waals surface area contributed by atoms with Gasteiger partial charge in [-0.1, -0.05) is 30.3 Å². The van der Waals surface area contributed by atoms with Crippen molar-refractivity contribution in [2.24, 2.45) is 14.1 Å². The quantitative estimate of drug-likeness (QED) is 0.784. The second-order valence-electron chi connectivity index (χ2n) is 4.80. The summed E-state index contributed by atoms with van der Waals surface area (Å²) in [5.74, 6) is -0.0999. The van der Waals surface area contributed by atoms with Crippen LogP contribution in [0.5, 0.6) is 0 Å². The molecular formula is C16H16N2O3. The van der Waals surface area contributed by atoms with E-state index in [0.717, 1.165) is 10.1 Å². The van der Waals surface area contributed by atoms with Crippen molar-refractivity contribution in [2.45, 2.75) is 6.42 Å². The fraction of sp³-hybridized carbons (Fsp3) is 0.188. The monoisotopic (exact) mass is 284 g/mol. The molecule has 0 fully saturated rings. The van der Waals surface area contributed by atoms with Crippen LogP contribution in [0.15, 0.2) is 52.2 Å². The molecule has 0 saturated heterocycles. The number of rotatable bonds is 4.